The molecule has 5 nitrogen and oxygen atoms in total. The molecule has 5 heteroatoms. The molecule has 0 aliphatic carbocycles. The highest BCUT2D eigenvalue weighted by atomic mass is 16.5. The maximum atomic E-state index is 11.3. The number of amides is 1. The molecule has 0 fully saturated rings. The summed E-state index contributed by atoms with van der Waals surface area (Å²) in [5.41, 5.74) is 10.3. The molecule has 0 aromatic heterocycles. The third kappa shape index (κ3) is 3.78. The van der Waals surface area contributed by atoms with Gasteiger partial charge in [-0.1, -0.05) is 18.2 Å². The molecule has 1 aromatic carbocycles. The van der Waals surface area contributed by atoms with Gasteiger partial charge in [0.05, 0.1) is 6.42 Å². The molecule has 4 N–H and O–H groups in total. The van der Waals surface area contributed by atoms with Crippen LogP contribution in [-0.2, 0) is 9.59 Å². The van der Waals surface area contributed by atoms with E-state index in [-0.39, 0.29) is 6.42 Å². The van der Waals surface area contributed by atoms with E-state index in [2.05, 4.69) is 0 Å². The van der Waals surface area contributed by atoms with Crippen molar-refractivity contribution in [1.82, 2.24) is 0 Å². The van der Waals surface area contributed by atoms with Crippen molar-refractivity contribution >= 4 is 11.9 Å². The number of ether oxygens (including phenoxy) is 1. The molecule has 0 bridgehead atoms. The molecule has 1 amide bonds. The molecule has 0 saturated heterocycles. The van der Waals surface area contributed by atoms with Crippen LogP contribution in [0.2, 0.25) is 0 Å². The molecule has 0 unspecified atom stereocenters. The number of para-hydroxylation sites is 1. The highest BCUT2D eigenvalue weighted by Gasteiger charge is 2.17. The molecule has 80 valence electrons. The van der Waals surface area contributed by atoms with Crippen molar-refractivity contribution in [3.05, 3.63) is 30.3 Å². The summed E-state index contributed by atoms with van der Waals surface area (Å²) in [6.45, 7) is 0. The lowest BCUT2D eigenvalue weighted by Gasteiger charge is -2.08. The van der Waals surface area contributed by atoms with Gasteiger partial charge in [-0.05, 0) is 12.1 Å². The predicted octanol–water partition coefficient (Wildman–Crippen LogP) is -0.205. The zero-order valence-corrected chi connectivity index (χ0v) is 8.05. The van der Waals surface area contributed by atoms with Gasteiger partial charge >= 0.3 is 5.97 Å². The van der Waals surface area contributed by atoms with Gasteiger partial charge in [-0.2, -0.15) is 0 Å². The molecular formula is C10H12N2O3. The topological polar surface area (TPSA) is 95.4 Å². The summed E-state index contributed by atoms with van der Waals surface area (Å²) in [5, 5.41) is 0. The van der Waals surface area contributed by atoms with Crippen LogP contribution in [0.3, 0.4) is 0 Å². The third-order valence-corrected chi connectivity index (χ3v) is 1.69. The van der Waals surface area contributed by atoms with E-state index in [1.807, 2.05) is 0 Å². The van der Waals surface area contributed by atoms with Gasteiger partial charge in [0, 0.05) is 0 Å². The zero-order chi connectivity index (χ0) is 11.3. The average molecular weight is 208 g/mol. The van der Waals surface area contributed by atoms with Crippen LogP contribution < -0.4 is 16.2 Å². The predicted molar refractivity (Wildman–Crippen MR) is 53.9 cm³/mol. The Morgan fingerprint density at radius 1 is 1.27 bits per heavy atom. The van der Waals surface area contributed by atoms with Crippen molar-refractivity contribution in [1.29, 1.82) is 0 Å². The number of rotatable bonds is 4. The summed E-state index contributed by atoms with van der Waals surface area (Å²) < 4.78 is 4.91. The molecule has 0 spiro atoms. The Balaban J connectivity index is 2.52. The summed E-state index contributed by atoms with van der Waals surface area (Å²) in [5.74, 6) is -0.907. The van der Waals surface area contributed by atoms with Crippen LogP contribution in [0.1, 0.15) is 6.42 Å². The lowest BCUT2D eigenvalue weighted by Crippen LogP contribution is -2.37. The van der Waals surface area contributed by atoms with Crippen molar-refractivity contribution in [3.8, 4) is 5.75 Å². The van der Waals surface area contributed by atoms with Crippen LogP contribution >= 0.6 is 0 Å². The summed E-state index contributed by atoms with van der Waals surface area (Å²) in [6, 6.07) is 7.47. The fraction of sp³-hybridized carbons (Fsp3) is 0.200. The van der Waals surface area contributed by atoms with Crippen molar-refractivity contribution in [2.24, 2.45) is 11.5 Å². The Kier molecular flexibility index (Phi) is 3.82. The fourth-order valence-corrected chi connectivity index (χ4v) is 0.980. The van der Waals surface area contributed by atoms with E-state index in [1.165, 1.54) is 0 Å². The number of benzene rings is 1. The van der Waals surface area contributed by atoms with E-state index in [0.29, 0.717) is 5.75 Å². The number of carbonyl (C=O) groups is 2. The molecule has 0 saturated carbocycles. The number of primary amides is 1. The van der Waals surface area contributed by atoms with E-state index < -0.39 is 17.9 Å². The lowest BCUT2D eigenvalue weighted by atomic mass is 10.2. The molecule has 0 heterocycles. The van der Waals surface area contributed by atoms with Crippen LogP contribution in [-0.4, -0.2) is 17.9 Å². The van der Waals surface area contributed by atoms with Gasteiger partial charge in [-0.15, -0.1) is 0 Å². The van der Waals surface area contributed by atoms with Gasteiger partial charge in [0.2, 0.25) is 5.91 Å². The number of esters is 1. The van der Waals surface area contributed by atoms with Crippen LogP contribution in [0, 0.1) is 0 Å². The van der Waals surface area contributed by atoms with Gasteiger partial charge < -0.3 is 16.2 Å². The van der Waals surface area contributed by atoms with Crippen molar-refractivity contribution in [2.75, 3.05) is 0 Å². The van der Waals surface area contributed by atoms with Gasteiger partial charge in [-0.25, -0.2) is 4.79 Å². The molecule has 1 rings (SSSR count). The molecule has 0 aliphatic rings. The van der Waals surface area contributed by atoms with Gasteiger partial charge in [0.1, 0.15) is 11.8 Å². The lowest BCUT2D eigenvalue weighted by molar-refractivity contribution is -0.137. The first-order chi connectivity index (χ1) is 7.09. The first-order valence-corrected chi connectivity index (χ1v) is 4.40. The largest absolute Gasteiger partial charge is 0.425 e. The van der Waals surface area contributed by atoms with E-state index in [0.717, 1.165) is 0 Å². The SMILES string of the molecule is NC(=O)C[C@H](N)C(=O)Oc1ccccc1. The fourth-order valence-electron chi connectivity index (χ4n) is 0.980. The highest BCUT2D eigenvalue weighted by Crippen LogP contribution is 2.09. The molecular weight excluding hydrogens is 196 g/mol. The molecule has 1 aromatic rings. The van der Waals surface area contributed by atoms with Crippen LogP contribution in [0.4, 0.5) is 0 Å². The number of nitrogens with two attached hydrogens (primary N) is 2. The Bertz CT molecular complexity index is 351. The van der Waals surface area contributed by atoms with Gasteiger partial charge in [0.25, 0.3) is 0 Å². The number of hydrogen-bond donors (Lipinski definition) is 2. The number of hydrogen-bond acceptors (Lipinski definition) is 4. The smallest absolute Gasteiger partial charge is 0.328 e. The standard InChI is InChI=1S/C10H12N2O3/c11-8(6-9(12)13)10(14)15-7-4-2-1-3-5-7/h1-5,8H,6,11H2,(H2,12,13)/t8-/m0/s1. The number of carbonyl (C=O) groups excluding carboxylic acids is 2. The average Bonchev–Trinajstić information content (AvgIpc) is 2.18. The Labute approximate surface area is 87.0 Å². The second-order valence-corrected chi connectivity index (χ2v) is 3.01. The van der Waals surface area contributed by atoms with E-state index in [9.17, 15) is 9.59 Å². The van der Waals surface area contributed by atoms with Crippen molar-refractivity contribution in [3.63, 3.8) is 0 Å². The Morgan fingerprint density at radius 2 is 1.87 bits per heavy atom. The van der Waals surface area contributed by atoms with Crippen LogP contribution in [0.5, 0.6) is 5.75 Å². The maximum Gasteiger partial charge on any atom is 0.328 e. The third-order valence-electron chi connectivity index (χ3n) is 1.69. The highest BCUT2D eigenvalue weighted by molar-refractivity contribution is 5.85. The van der Waals surface area contributed by atoms with Crippen molar-refractivity contribution < 1.29 is 14.3 Å². The first-order valence-electron chi connectivity index (χ1n) is 4.40. The first kappa shape index (κ1) is 11.2. The molecule has 1 atom stereocenters. The monoisotopic (exact) mass is 208 g/mol. The summed E-state index contributed by atoms with van der Waals surface area (Å²) in [6.07, 6.45) is -0.217. The van der Waals surface area contributed by atoms with E-state index >= 15 is 0 Å². The Morgan fingerprint density at radius 3 is 2.40 bits per heavy atom. The summed E-state index contributed by atoms with van der Waals surface area (Å²) in [4.78, 5) is 21.8. The minimum absolute atomic E-state index is 0.217. The van der Waals surface area contributed by atoms with Crippen molar-refractivity contribution in [2.45, 2.75) is 12.5 Å². The molecule has 0 aliphatic heterocycles. The second kappa shape index (κ2) is 5.11. The zero-order valence-electron chi connectivity index (χ0n) is 8.05. The van der Waals surface area contributed by atoms with Crippen LogP contribution in [0.15, 0.2) is 30.3 Å². The summed E-state index contributed by atoms with van der Waals surface area (Å²) >= 11 is 0. The minimum Gasteiger partial charge on any atom is -0.425 e. The minimum atomic E-state index is -1.01. The molecule has 0 radical (unpaired) electrons. The van der Waals surface area contributed by atoms with E-state index in [4.69, 9.17) is 16.2 Å². The maximum absolute atomic E-state index is 11.3. The molecule has 15 heavy (non-hydrogen) atoms. The van der Waals surface area contributed by atoms with Crippen LogP contribution in [0.25, 0.3) is 0 Å². The Hall–Kier alpha value is -1.88. The second-order valence-electron chi connectivity index (χ2n) is 3.01. The summed E-state index contributed by atoms with van der Waals surface area (Å²) in [7, 11) is 0. The van der Waals surface area contributed by atoms with E-state index in [1.54, 1.807) is 30.3 Å². The van der Waals surface area contributed by atoms with Gasteiger partial charge in [-0.3, -0.25) is 4.79 Å². The normalized spacial score (nSPS) is 11.8. The quantitative estimate of drug-likeness (QED) is 0.528. The van der Waals surface area contributed by atoms with Gasteiger partial charge in [0.15, 0.2) is 0 Å².